The first kappa shape index (κ1) is 18.8. The van der Waals surface area contributed by atoms with Gasteiger partial charge in [0.15, 0.2) is 11.5 Å². The molecule has 2 aromatic heterocycles. The standard InChI is InChI=1S/C18H27N5O3/c1-13(2)16(24)17-21-20-15-5-4-14(12-23(15)17)18(25)19-6-3-7-22-8-10-26-11-9-22/h4-5,12-13,16,24H,3,6-11H2,1-2H3,(H,19,25). The number of nitrogens with one attached hydrogen (secondary N) is 1. The Morgan fingerprint density at radius 2 is 2.08 bits per heavy atom. The summed E-state index contributed by atoms with van der Waals surface area (Å²) in [4.78, 5) is 14.8. The second-order valence-corrected chi connectivity index (χ2v) is 6.96. The van der Waals surface area contributed by atoms with Gasteiger partial charge in [-0.25, -0.2) is 0 Å². The van der Waals surface area contributed by atoms with Crippen molar-refractivity contribution in [2.45, 2.75) is 26.4 Å². The Morgan fingerprint density at radius 3 is 2.81 bits per heavy atom. The highest BCUT2D eigenvalue weighted by Crippen LogP contribution is 2.20. The van der Waals surface area contributed by atoms with E-state index in [0.29, 0.717) is 23.6 Å². The zero-order chi connectivity index (χ0) is 18.5. The summed E-state index contributed by atoms with van der Waals surface area (Å²) in [5.74, 6) is 0.338. The number of hydrogen-bond acceptors (Lipinski definition) is 6. The molecule has 8 nitrogen and oxygen atoms in total. The van der Waals surface area contributed by atoms with Crippen LogP contribution in [0.25, 0.3) is 5.65 Å². The van der Waals surface area contributed by atoms with Crippen molar-refractivity contribution in [2.75, 3.05) is 39.4 Å². The topological polar surface area (TPSA) is 92.0 Å². The molecule has 0 aromatic carbocycles. The van der Waals surface area contributed by atoms with Crippen LogP contribution < -0.4 is 5.32 Å². The molecule has 1 aliphatic rings. The molecule has 1 saturated heterocycles. The van der Waals surface area contributed by atoms with Gasteiger partial charge in [-0.15, -0.1) is 10.2 Å². The normalized spacial score (nSPS) is 16.9. The van der Waals surface area contributed by atoms with Crippen LogP contribution in [0.15, 0.2) is 18.3 Å². The lowest BCUT2D eigenvalue weighted by atomic mass is 10.1. The minimum Gasteiger partial charge on any atom is -0.385 e. The number of aromatic nitrogens is 3. The molecule has 0 radical (unpaired) electrons. The minimum atomic E-state index is -0.725. The maximum Gasteiger partial charge on any atom is 0.252 e. The molecular weight excluding hydrogens is 334 g/mol. The van der Waals surface area contributed by atoms with Crippen LogP contribution >= 0.6 is 0 Å². The highest BCUT2D eigenvalue weighted by Gasteiger charge is 2.19. The number of ether oxygens (including phenoxy) is 1. The zero-order valence-electron chi connectivity index (χ0n) is 15.4. The van der Waals surface area contributed by atoms with Crippen molar-refractivity contribution < 1.29 is 14.6 Å². The van der Waals surface area contributed by atoms with Gasteiger partial charge in [-0.2, -0.15) is 0 Å². The van der Waals surface area contributed by atoms with Gasteiger partial charge in [-0.05, 0) is 31.0 Å². The number of aliphatic hydroxyl groups excluding tert-OH is 1. The van der Waals surface area contributed by atoms with E-state index in [2.05, 4.69) is 20.4 Å². The molecule has 3 rings (SSSR count). The Labute approximate surface area is 153 Å². The van der Waals surface area contributed by atoms with E-state index < -0.39 is 6.10 Å². The minimum absolute atomic E-state index is 0.0140. The molecule has 8 heteroatoms. The van der Waals surface area contributed by atoms with Crippen molar-refractivity contribution in [3.8, 4) is 0 Å². The first-order chi connectivity index (χ1) is 12.6. The molecule has 1 unspecified atom stereocenters. The highest BCUT2D eigenvalue weighted by molar-refractivity contribution is 5.94. The van der Waals surface area contributed by atoms with Crippen molar-refractivity contribution in [3.05, 3.63) is 29.7 Å². The molecule has 1 atom stereocenters. The van der Waals surface area contributed by atoms with Crippen molar-refractivity contribution in [2.24, 2.45) is 5.92 Å². The lowest BCUT2D eigenvalue weighted by molar-refractivity contribution is 0.0374. The average Bonchev–Trinajstić information content (AvgIpc) is 3.08. The lowest BCUT2D eigenvalue weighted by Crippen LogP contribution is -2.38. The van der Waals surface area contributed by atoms with Gasteiger partial charge in [-0.1, -0.05) is 13.8 Å². The SMILES string of the molecule is CC(C)C(O)c1nnc2ccc(C(=O)NCCCN3CCOCC3)cn12. The van der Waals surface area contributed by atoms with Crippen LogP contribution in [0.5, 0.6) is 0 Å². The molecule has 1 aliphatic heterocycles. The number of carbonyl (C=O) groups excluding carboxylic acids is 1. The van der Waals surface area contributed by atoms with E-state index in [1.165, 1.54) is 0 Å². The molecule has 3 heterocycles. The van der Waals surface area contributed by atoms with Crippen LogP contribution in [0.3, 0.4) is 0 Å². The Balaban J connectivity index is 1.58. The summed E-state index contributed by atoms with van der Waals surface area (Å²) in [6.45, 7) is 8.90. The summed E-state index contributed by atoms with van der Waals surface area (Å²) < 4.78 is 7.02. The van der Waals surface area contributed by atoms with Gasteiger partial charge < -0.3 is 15.2 Å². The van der Waals surface area contributed by atoms with Crippen LogP contribution in [0, 0.1) is 5.92 Å². The molecule has 1 amide bonds. The van der Waals surface area contributed by atoms with E-state index in [4.69, 9.17) is 4.74 Å². The molecule has 26 heavy (non-hydrogen) atoms. The number of pyridine rings is 1. The van der Waals surface area contributed by atoms with Crippen LogP contribution in [-0.2, 0) is 4.74 Å². The Morgan fingerprint density at radius 1 is 1.31 bits per heavy atom. The number of rotatable bonds is 7. The van der Waals surface area contributed by atoms with E-state index in [-0.39, 0.29) is 11.8 Å². The number of aliphatic hydroxyl groups is 1. The van der Waals surface area contributed by atoms with Crippen LogP contribution in [0.1, 0.15) is 42.6 Å². The third-order valence-electron chi connectivity index (χ3n) is 4.63. The Kier molecular flexibility index (Phi) is 6.18. The van der Waals surface area contributed by atoms with Crippen LogP contribution in [0.4, 0.5) is 0 Å². The lowest BCUT2D eigenvalue weighted by Gasteiger charge is -2.26. The molecule has 0 spiro atoms. The number of fused-ring (bicyclic) bond motifs is 1. The van der Waals surface area contributed by atoms with Crippen LogP contribution in [-0.4, -0.2) is 69.9 Å². The zero-order valence-corrected chi connectivity index (χ0v) is 15.4. The average molecular weight is 361 g/mol. The van der Waals surface area contributed by atoms with Crippen molar-refractivity contribution in [3.63, 3.8) is 0 Å². The van der Waals surface area contributed by atoms with Gasteiger partial charge in [-0.3, -0.25) is 14.1 Å². The van der Waals surface area contributed by atoms with Crippen molar-refractivity contribution >= 4 is 11.6 Å². The fraction of sp³-hybridized carbons (Fsp3) is 0.611. The number of hydrogen-bond donors (Lipinski definition) is 2. The summed E-state index contributed by atoms with van der Waals surface area (Å²) in [6, 6.07) is 3.47. The molecule has 0 saturated carbocycles. The molecule has 1 fully saturated rings. The van der Waals surface area contributed by atoms with E-state index in [1.807, 2.05) is 13.8 Å². The molecular formula is C18H27N5O3. The second kappa shape index (κ2) is 8.57. The van der Waals surface area contributed by atoms with Gasteiger partial charge in [0.25, 0.3) is 5.91 Å². The predicted octanol–water partition coefficient (Wildman–Crippen LogP) is 0.871. The molecule has 2 aromatic rings. The molecule has 0 aliphatic carbocycles. The van der Waals surface area contributed by atoms with E-state index in [0.717, 1.165) is 39.3 Å². The number of nitrogens with zero attached hydrogens (tertiary/aromatic N) is 4. The first-order valence-corrected chi connectivity index (χ1v) is 9.17. The summed E-state index contributed by atoms with van der Waals surface area (Å²) in [6.07, 6.45) is 1.86. The van der Waals surface area contributed by atoms with E-state index >= 15 is 0 Å². The number of morpholine rings is 1. The van der Waals surface area contributed by atoms with Gasteiger partial charge in [0, 0.05) is 25.8 Å². The largest absolute Gasteiger partial charge is 0.385 e. The van der Waals surface area contributed by atoms with Gasteiger partial charge >= 0.3 is 0 Å². The summed E-state index contributed by atoms with van der Waals surface area (Å²) >= 11 is 0. The fourth-order valence-electron chi connectivity index (χ4n) is 2.97. The summed E-state index contributed by atoms with van der Waals surface area (Å²) in [5.41, 5.74) is 1.14. The maximum absolute atomic E-state index is 12.4. The molecule has 2 N–H and O–H groups in total. The predicted molar refractivity (Wildman–Crippen MR) is 97.0 cm³/mol. The van der Waals surface area contributed by atoms with Gasteiger partial charge in [0.2, 0.25) is 0 Å². The first-order valence-electron chi connectivity index (χ1n) is 9.17. The monoisotopic (exact) mass is 361 g/mol. The van der Waals surface area contributed by atoms with E-state index in [1.54, 1.807) is 22.7 Å². The fourth-order valence-corrected chi connectivity index (χ4v) is 2.97. The van der Waals surface area contributed by atoms with Crippen molar-refractivity contribution in [1.29, 1.82) is 0 Å². The number of carbonyl (C=O) groups is 1. The molecule has 0 bridgehead atoms. The second-order valence-electron chi connectivity index (χ2n) is 6.96. The van der Waals surface area contributed by atoms with Crippen molar-refractivity contribution in [1.82, 2.24) is 24.8 Å². The highest BCUT2D eigenvalue weighted by atomic mass is 16.5. The quantitative estimate of drug-likeness (QED) is 0.711. The van der Waals surface area contributed by atoms with Crippen LogP contribution in [0.2, 0.25) is 0 Å². The summed E-state index contributed by atoms with van der Waals surface area (Å²) in [5, 5.41) is 21.3. The van der Waals surface area contributed by atoms with E-state index in [9.17, 15) is 9.90 Å². The third kappa shape index (κ3) is 4.38. The maximum atomic E-state index is 12.4. The van der Waals surface area contributed by atoms with Gasteiger partial charge in [0.1, 0.15) is 6.10 Å². The Hall–Kier alpha value is -2.03. The van der Waals surface area contributed by atoms with Gasteiger partial charge in [0.05, 0.1) is 18.8 Å². The number of amides is 1. The smallest absolute Gasteiger partial charge is 0.252 e. The Bertz CT molecular complexity index is 740. The molecule has 142 valence electrons. The summed E-state index contributed by atoms with van der Waals surface area (Å²) in [7, 11) is 0. The third-order valence-corrected chi connectivity index (χ3v) is 4.63.